The first kappa shape index (κ1) is 21.9. The summed E-state index contributed by atoms with van der Waals surface area (Å²) in [5.41, 5.74) is -1.12. The summed E-state index contributed by atoms with van der Waals surface area (Å²) in [4.78, 5) is 37.9. The van der Waals surface area contributed by atoms with E-state index in [1.165, 1.54) is 17.2 Å². The highest BCUT2D eigenvalue weighted by Gasteiger charge is 2.65. The summed E-state index contributed by atoms with van der Waals surface area (Å²) in [5, 5.41) is 12.5. The zero-order valence-electron chi connectivity index (χ0n) is 17.6. The molecular weight excluding hydrogens is 464 g/mol. The molecule has 2 aromatic heterocycles. The number of ether oxygens (including phenoxy) is 1. The van der Waals surface area contributed by atoms with Gasteiger partial charge in [0.2, 0.25) is 5.88 Å². The molecule has 9 nitrogen and oxygen atoms in total. The molecule has 4 heterocycles. The molecule has 3 fully saturated rings. The van der Waals surface area contributed by atoms with Crippen LogP contribution < -0.4 is 19.9 Å². The van der Waals surface area contributed by atoms with Crippen LogP contribution in [0.3, 0.4) is 0 Å². The Morgan fingerprint density at radius 1 is 1.21 bits per heavy atom. The van der Waals surface area contributed by atoms with E-state index in [0.717, 1.165) is 25.9 Å². The Morgan fingerprint density at radius 2 is 1.97 bits per heavy atom. The van der Waals surface area contributed by atoms with Crippen molar-refractivity contribution in [2.75, 3.05) is 22.9 Å². The van der Waals surface area contributed by atoms with Crippen molar-refractivity contribution in [1.82, 2.24) is 15.3 Å². The van der Waals surface area contributed by atoms with Crippen LogP contribution in [0.25, 0.3) is 0 Å². The zero-order valence-corrected chi connectivity index (χ0v) is 19.2. The highest BCUT2D eigenvalue weighted by Crippen LogP contribution is 2.48. The first-order valence-electron chi connectivity index (χ1n) is 10.7. The number of nitrogens with one attached hydrogen (secondary N) is 1. The van der Waals surface area contributed by atoms with E-state index in [2.05, 4.69) is 15.3 Å². The van der Waals surface area contributed by atoms with Crippen molar-refractivity contribution < 1.29 is 14.3 Å². The molecule has 0 aromatic carbocycles. The number of Topliss-reactive ketones (excluding diaryl/α,β-unsaturated/α-hetero) is 1. The van der Waals surface area contributed by atoms with Crippen LogP contribution in [-0.2, 0) is 9.59 Å². The maximum atomic E-state index is 13.5. The molecule has 11 heteroatoms. The third-order valence-corrected chi connectivity index (χ3v) is 7.15. The number of amides is 1. The van der Waals surface area contributed by atoms with Gasteiger partial charge in [-0.3, -0.25) is 14.5 Å². The Kier molecular flexibility index (Phi) is 5.64. The summed E-state index contributed by atoms with van der Waals surface area (Å²) in [6, 6.07) is 6.93. The number of hydrogen-bond acceptors (Lipinski definition) is 9. The maximum Gasteiger partial charge on any atom is 0.263 e. The van der Waals surface area contributed by atoms with E-state index in [0.29, 0.717) is 30.1 Å². The summed E-state index contributed by atoms with van der Waals surface area (Å²) in [5.74, 6) is -0.0612. The predicted molar refractivity (Wildman–Crippen MR) is 124 cm³/mol. The minimum absolute atomic E-state index is 0.0580. The van der Waals surface area contributed by atoms with Gasteiger partial charge in [0.1, 0.15) is 12.2 Å². The second kappa shape index (κ2) is 8.48. The van der Waals surface area contributed by atoms with Gasteiger partial charge >= 0.3 is 0 Å². The van der Waals surface area contributed by atoms with Crippen LogP contribution in [0.2, 0.25) is 5.02 Å². The lowest BCUT2D eigenvalue weighted by Gasteiger charge is -2.42. The van der Waals surface area contributed by atoms with E-state index in [4.69, 9.17) is 34.2 Å². The summed E-state index contributed by atoms with van der Waals surface area (Å²) in [6.45, 7) is 1.82. The number of piperidine rings is 1. The maximum absolute atomic E-state index is 13.5. The number of carbonyl (C=O) groups is 2. The molecule has 2 aliphatic heterocycles. The lowest BCUT2D eigenvalue weighted by molar-refractivity contribution is -0.138. The number of ketones is 1. The Hall–Kier alpha value is -2.87. The fraction of sp³-hybridized carbons (Fsp3) is 0.409. The van der Waals surface area contributed by atoms with Crippen LogP contribution in [0.15, 0.2) is 30.6 Å². The Balaban J connectivity index is 1.46. The standard InChI is InChI=1S/C22H21ClN6O3S/c23-16-9-14(12-26-17(16)10-24)28-20(31)22(6-3-18(22)30)29(21(28)33)13-1-2-19(27-11-13)32-15-4-7-25-8-5-15/h1-2,9,11-12,15,21,25,33H,3-8H2. The summed E-state index contributed by atoms with van der Waals surface area (Å²) in [6.07, 6.45) is 5.62. The van der Waals surface area contributed by atoms with E-state index in [9.17, 15) is 9.59 Å². The van der Waals surface area contributed by atoms with Gasteiger partial charge in [0.25, 0.3) is 5.91 Å². The van der Waals surface area contributed by atoms with Gasteiger partial charge in [-0.15, -0.1) is 12.6 Å². The first-order valence-corrected chi connectivity index (χ1v) is 11.6. The second-order valence-corrected chi connectivity index (χ2v) is 9.10. The van der Waals surface area contributed by atoms with Gasteiger partial charge in [-0.25, -0.2) is 9.97 Å². The van der Waals surface area contributed by atoms with Crippen molar-refractivity contribution in [3.05, 3.63) is 41.3 Å². The third-order valence-electron chi connectivity index (χ3n) is 6.40. The summed E-state index contributed by atoms with van der Waals surface area (Å²) in [7, 11) is 0. The Bertz CT molecular complexity index is 1150. The lowest BCUT2D eigenvalue weighted by Crippen LogP contribution is -2.63. The van der Waals surface area contributed by atoms with Crippen LogP contribution in [0.5, 0.6) is 5.88 Å². The molecule has 2 unspecified atom stereocenters. The minimum atomic E-state index is -1.34. The number of aromatic nitrogens is 2. The third kappa shape index (κ3) is 3.51. The number of nitrogens with zero attached hydrogens (tertiary/aromatic N) is 5. The number of hydrogen-bond donors (Lipinski definition) is 2. The van der Waals surface area contributed by atoms with E-state index >= 15 is 0 Å². The normalized spacial score (nSPS) is 25.3. The molecule has 3 aliphatic rings. The van der Waals surface area contributed by atoms with E-state index in [1.54, 1.807) is 23.2 Å². The van der Waals surface area contributed by atoms with Gasteiger partial charge in [-0.2, -0.15) is 5.26 Å². The molecule has 1 saturated carbocycles. The van der Waals surface area contributed by atoms with E-state index in [1.807, 2.05) is 6.07 Å². The molecule has 170 valence electrons. The van der Waals surface area contributed by atoms with Crippen molar-refractivity contribution in [3.8, 4) is 11.9 Å². The number of rotatable bonds is 4. The minimum Gasteiger partial charge on any atom is -0.474 e. The molecule has 5 rings (SSSR count). The van der Waals surface area contributed by atoms with Gasteiger partial charge in [0, 0.05) is 12.5 Å². The van der Waals surface area contributed by atoms with Gasteiger partial charge in [0.05, 0.1) is 28.8 Å². The average Bonchev–Trinajstić information content (AvgIpc) is 3.07. The van der Waals surface area contributed by atoms with Crippen LogP contribution in [-0.4, -0.2) is 51.9 Å². The molecule has 1 spiro atoms. The largest absolute Gasteiger partial charge is 0.474 e. The van der Waals surface area contributed by atoms with Crippen LogP contribution in [0, 0.1) is 11.3 Å². The number of pyridine rings is 2. The predicted octanol–water partition coefficient (Wildman–Crippen LogP) is 2.30. The lowest BCUT2D eigenvalue weighted by atomic mass is 9.74. The van der Waals surface area contributed by atoms with Gasteiger partial charge in [-0.1, -0.05) is 11.6 Å². The first-order chi connectivity index (χ1) is 16.0. The smallest absolute Gasteiger partial charge is 0.263 e. The summed E-state index contributed by atoms with van der Waals surface area (Å²) < 4.78 is 5.98. The Labute approximate surface area is 201 Å². The highest BCUT2D eigenvalue weighted by molar-refractivity contribution is 7.81. The van der Waals surface area contributed by atoms with Crippen molar-refractivity contribution in [2.45, 2.75) is 42.8 Å². The number of nitriles is 1. The van der Waals surface area contributed by atoms with Gasteiger partial charge in [0.15, 0.2) is 22.5 Å². The Morgan fingerprint density at radius 3 is 2.55 bits per heavy atom. The van der Waals surface area contributed by atoms with Crippen molar-refractivity contribution in [3.63, 3.8) is 0 Å². The van der Waals surface area contributed by atoms with Crippen LogP contribution >= 0.6 is 24.2 Å². The molecule has 1 amide bonds. The molecule has 0 bridgehead atoms. The fourth-order valence-electron chi connectivity index (χ4n) is 4.58. The topological polar surface area (TPSA) is 111 Å². The van der Waals surface area contributed by atoms with Crippen molar-refractivity contribution in [1.29, 1.82) is 5.26 Å². The van der Waals surface area contributed by atoms with E-state index in [-0.39, 0.29) is 22.6 Å². The molecule has 1 aliphatic carbocycles. The quantitative estimate of drug-likeness (QED) is 0.502. The molecule has 2 saturated heterocycles. The van der Waals surface area contributed by atoms with Crippen LogP contribution in [0.4, 0.5) is 11.4 Å². The molecule has 2 aromatic rings. The second-order valence-electron chi connectivity index (χ2n) is 8.23. The number of halogens is 1. The van der Waals surface area contributed by atoms with Gasteiger partial charge in [-0.05, 0) is 44.5 Å². The molecule has 33 heavy (non-hydrogen) atoms. The number of anilines is 2. The van der Waals surface area contributed by atoms with Crippen molar-refractivity contribution in [2.24, 2.45) is 0 Å². The van der Waals surface area contributed by atoms with Gasteiger partial charge < -0.3 is 15.0 Å². The number of carbonyl (C=O) groups excluding carboxylic acids is 2. The summed E-state index contributed by atoms with van der Waals surface area (Å²) >= 11 is 10.8. The fourth-order valence-corrected chi connectivity index (χ4v) is 5.35. The number of thiol groups is 1. The molecule has 0 radical (unpaired) electrons. The SMILES string of the molecule is N#Cc1ncc(N2C(=O)C3(CCC3=O)N(c3ccc(OC4CCNCC4)nc3)C2S)cc1Cl. The average molecular weight is 485 g/mol. The monoisotopic (exact) mass is 484 g/mol. The molecular formula is C22H21ClN6O3S. The van der Waals surface area contributed by atoms with Crippen molar-refractivity contribution >= 4 is 47.3 Å². The van der Waals surface area contributed by atoms with Crippen LogP contribution in [0.1, 0.15) is 31.4 Å². The van der Waals surface area contributed by atoms with E-state index < -0.39 is 16.9 Å². The zero-order chi connectivity index (χ0) is 23.2. The molecule has 1 N–H and O–H groups in total. The highest BCUT2D eigenvalue weighted by atomic mass is 35.5. The molecule has 2 atom stereocenters.